The minimum atomic E-state index is -1.36. The van der Waals surface area contributed by atoms with E-state index in [1.54, 1.807) is 0 Å². The van der Waals surface area contributed by atoms with Gasteiger partial charge in [-0.1, -0.05) is 53.7 Å². The van der Waals surface area contributed by atoms with Gasteiger partial charge in [0.25, 0.3) is 0 Å². The van der Waals surface area contributed by atoms with Gasteiger partial charge in [-0.3, -0.25) is 4.79 Å². The van der Waals surface area contributed by atoms with Crippen molar-refractivity contribution < 1.29 is 30.0 Å². The summed E-state index contributed by atoms with van der Waals surface area (Å²) in [6.07, 6.45) is -2.62. The highest BCUT2D eigenvalue weighted by Crippen LogP contribution is 2.39. The zero-order valence-corrected chi connectivity index (χ0v) is 17.2. The first-order chi connectivity index (χ1) is 12.3. The molecule has 0 aliphatic heterocycles. The molecule has 0 bridgehead atoms. The summed E-state index contributed by atoms with van der Waals surface area (Å²) in [5.41, 5.74) is 2.17. The van der Waals surface area contributed by atoms with Crippen molar-refractivity contribution in [3.05, 3.63) is 28.8 Å². The van der Waals surface area contributed by atoms with Crippen LogP contribution in [0.25, 0.3) is 0 Å². The predicted molar refractivity (Wildman–Crippen MR) is 104 cm³/mol. The molecule has 4 N–H and O–H groups in total. The normalized spacial score (nSPS) is 14.7. The van der Waals surface area contributed by atoms with Crippen LogP contribution in [-0.4, -0.2) is 51.8 Å². The molecule has 0 spiro atoms. The Morgan fingerprint density at radius 1 is 1.00 bits per heavy atom. The standard InChI is InChI=1S/C21H34O6/c1-20(2,3)14-9-13(10-15(19(14)26)21(4,5)6)7-8-27-18(25)11-16(23)17(24)12-22/h9-10,16-17,22-24,26H,7-8,11-12H2,1-6H3. The summed E-state index contributed by atoms with van der Waals surface area (Å²) in [5.74, 6) is -0.335. The van der Waals surface area contributed by atoms with Crippen LogP contribution in [0.4, 0.5) is 0 Å². The van der Waals surface area contributed by atoms with Gasteiger partial charge in [0, 0.05) is 6.42 Å². The molecule has 1 aromatic carbocycles. The van der Waals surface area contributed by atoms with E-state index in [2.05, 4.69) is 0 Å². The van der Waals surface area contributed by atoms with Crippen LogP contribution in [0, 0.1) is 0 Å². The number of ether oxygens (including phenoxy) is 1. The lowest BCUT2D eigenvalue weighted by Crippen LogP contribution is -2.32. The van der Waals surface area contributed by atoms with Crippen molar-refractivity contribution in [2.45, 2.75) is 77.4 Å². The van der Waals surface area contributed by atoms with Crippen molar-refractivity contribution in [3.8, 4) is 5.75 Å². The fourth-order valence-corrected chi connectivity index (χ4v) is 2.75. The van der Waals surface area contributed by atoms with E-state index in [4.69, 9.17) is 9.84 Å². The second-order valence-electron chi connectivity index (χ2n) is 9.03. The molecule has 0 aliphatic carbocycles. The molecule has 0 aliphatic rings. The highest BCUT2D eigenvalue weighted by Gasteiger charge is 2.26. The van der Waals surface area contributed by atoms with E-state index in [0.717, 1.165) is 16.7 Å². The number of aliphatic hydroxyl groups is 3. The Labute approximate surface area is 161 Å². The molecule has 0 aromatic heterocycles. The van der Waals surface area contributed by atoms with Crippen LogP contribution < -0.4 is 0 Å². The van der Waals surface area contributed by atoms with Crippen LogP contribution in [0.15, 0.2) is 12.1 Å². The summed E-state index contributed by atoms with van der Waals surface area (Å²) in [4.78, 5) is 11.8. The number of benzene rings is 1. The largest absolute Gasteiger partial charge is 0.507 e. The maximum Gasteiger partial charge on any atom is 0.308 e. The Balaban J connectivity index is 2.88. The van der Waals surface area contributed by atoms with Gasteiger partial charge in [-0.2, -0.15) is 0 Å². The van der Waals surface area contributed by atoms with Gasteiger partial charge in [-0.05, 0) is 27.5 Å². The Morgan fingerprint density at radius 3 is 1.89 bits per heavy atom. The van der Waals surface area contributed by atoms with Crippen molar-refractivity contribution in [3.63, 3.8) is 0 Å². The lowest BCUT2D eigenvalue weighted by Gasteiger charge is -2.28. The molecule has 6 nitrogen and oxygen atoms in total. The van der Waals surface area contributed by atoms with E-state index in [1.807, 2.05) is 53.7 Å². The number of rotatable bonds is 7. The molecular weight excluding hydrogens is 348 g/mol. The van der Waals surface area contributed by atoms with Crippen molar-refractivity contribution in [1.29, 1.82) is 0 Å². The van der Waals surface area contributed by atoms with Crippen LogP contribution in [0.3, 0.4) is 0 Å². The minimum absolute atomic E-state index is 0.124. The maximum atomic E-state index is 11.8. The SMILES string of the molecule is CC(C)(C)c1cc(CCOC(=O)CC(O)C(O)CO)cc(C(C)(C)C)c1O. The summed E-state index contributed by atoms with van der Waals surface area (Å²) >= 11 is 0. The van der Waals surface area contributed by atoms with Crippen LogP contribution in [0.1, 0.15) is 64.7 Å². The summed E-state index contributed by atoms with van der Waals surface area (Å²) < 4.78 is 5.14. The van der Waals surface area contributed by atoms with Crippen LogP contribution in [0.2, 0.25) is 0 Å². The smallest absolute Gasteiger partial charge is 0.308 e. The third-order valence-electron chi connectivity index (χ3n) is 4.45. The quantitative estimate of drug-likeness (QED) is 0.539. The lowest BCUT2D eigenvalue weighted by atomic mass is 9.78. The molecule has 27 heavy (non-hydrogen) atoms. The fraction of sp³-hybridized carbons (Fsp3) is 0.667. The molecule has 2 atom stereocenters. The van der Waals surface area contributed by atoms with Crippen LogP contribution >= 0.6 is 0 Å². The third kappa shape index (κ3) is 6.79. The number of carbonyl (C=O) groups excluding carboxylic acids is 1. The summed E-state index contributed by atoms with van der Waals surface area (Å²) in [6.45, 7) is 11.7. The van der Waals surface area contributed by atoms with Gasteiger partial charge in [0.1, 0.15) is 11.9 Å². The second kappa shape index (κ2) is 9.04. The molecule has 0 radical (unpaired) electrons. The Bertz CT molecular complexity index is 604. The number of phenols is 1. The Hall–Kier alpha value is -1.63. The van der Waals surface area contributed by atoms with Gasteiger partial charge < -0.3 is 25.2 Å². The third-order valence-corrected chi connectivity index (χ3v) is 4.45. The molecule has 154 valence electrons. The first-order valence-corrected chi connectivity index (χ1v) is 9.26. The number of phenolic OH excluding ortho intramolecular Hbond substituents is 1. The highest BCUT2D eigenvalue weighted by molar-refractivity contribution is 5.70. The molecule has 0 amide bonds. The van der Waals surface area contributed by atoms with Crippen LogP contribution in [0.5, 0.6) is 5.75 Å². The highest BCUT2D eigenvalue weighted by atomic mass is 16.5. The van der Waals surface area contributed by atoms with E-state index in [9.17, 15) is 20.1 Å². The van der Waals surface area contributed by atoms with Crippen LogP contribution in [-0.2, 0) is 26.8 Å². The molecular formula is C21H34O6. The Morgan fingerprint density at radius 2 is 1.48 bits per heavy atom. The zero-order valence-electron chi connectivity index (χ0n) is 17.2. The first kappa shape index (κ1) is 23.4. The van der Waals surface area contributed by atoms with Crippen molar-refractivity contribution >= 4 is 5.97 Å². The molecule has 6 heteroatoms. The van der Waals surface area contributed by atoms with E-state index in [0.29, 0.717) is 12.2 Å². The van der Waals surface area contributed by atoms with Gasteiger partial charge in [-0.15, -0.1) is 0 Å². The Kier molecular flexibility index (Phi) is 7.84. The first-order valence-electron chi connectivity index (χ1n) is 9.26. The monoisotopic (exact) mass is 382 g/mol. The average Bonchev–Trinajstić information content (AvgIpc) is 2.52. The maximum absolute atomic E-state index is 11.8. The minimum Gasteiger partial charge on any atom is -0.507 e. The van der Waals surface area contributed by atoms with E-state index >= 15 is 0 Å². The number of carbonyl (C=O) groups is 1. The number of aliphatic hydroxyl groups excluding tert-OH is 3. The summed E-state index contributed by atoms with van der Waals surface area (Å²) in [7, 11) is 0. The van der Waals surface area contributed by atoms with E-state index in [-0.39, 0.29) is 23.9 Å². The van der Waals surface area contributed by atoms with Gasteiger partial charge >= 0.3 is 5.97 Å². The molecule has 0 saturated heterocycles. The van der Waals surface area contributed by atoms with Crippen molar-refractivity contribution in [2.24, 2.45) is 0 Å². The van der Waals surface area contributed by atoms with E-state index < -0.39 is 24.8 Å². The predicted octanol–water partition coefficient (Wildman–Crippen LogP) is 2.18. The zero-order chi connectivity index (χ0) is 21.0. The molecule has 0 fully saturated rings. The molecule has 1 rings (SSSR count). The second-order valence-corrected chi connectivity index (χ2v) is 9.03. The average molecular weight is 382 g/mol. The van der Waals surface area contributed by atoms with Crippen molar-refractivity contribution in [2.75, 3.05) is 13.2 Å². The molecule has 0 heterocycles. The van der Waals surface area contributed by atoms with Gasteiger partial charge in [-0.25, -0.2) is 0 Å². The number of aromatic hydroxyl groups is 1. The number of hydrogen-bond acceptors (Lipinski definition) is 6. The van der Waals surface area contributed by atoms with Gasteiger partial charge in [0.15, 0.2) is 0 Å². The van der Waals surface area contributed by atoms with Crippen molar-refractivity contribution in [1.82, 2.24) is 0 Å². The van der Waals surface area contributed by atoms with Gasteiger partial charge in [0.2, 0.25) is 0 Å². The summed E-state index contributed by atoms with van der Waals surface area (Å²) in [5, 5.41) is 38.3. The molecule has 1 aromatic rings. The van der Waals surface area contributed by atoms with E-state index in [1.165, 1.54) is 0 Å². The fourth-order valence-electron chi connectivity index (χ4n) is 2.75. The molecule has 0 saturated carbocycles. The number of esters is 1. The number of hydrogen-bond donors (Lipinski definition) is 4. The van der Waals surface area contributed by atoms with Gasteiger partial charge in [0.05, 0.1) is 25.7 Å². The lowest BCUT2D eigenvalue weighted by molar-refractivity contribution is -0.148. The molecule has 2 unspecified atom stereocenters. The topological polar surface area (TPSA) is 107 Å². The summed E-state index contributed by atoms with van der Waals surface area (Å²) in [6, 6.07) is 3.87.